The normalized spacial score (nSPS) is 11.2. The highest BCUT2D eigenvalue weighted by Crippen LogP contribution is 2.33. The molecule has 0 atom stereocenters. The van der Waals surface area contributed by atoms with Crippen LogP contribution in [0.2, 0.25) is 0 Å². The third kappa shape index (κ3) is 1.67. The van der Waals surface area contributed by atoms with Gasteiger partial charge in [-0.15, -0.1) is 11.3 Å². The standard InChI is InChI=1S/C15H13NO3S/c1-7-11-9-5-4-6-10(15(18)19-3)13(9)16-14(17)12(11)8(2)20-7/h4-6H,1-3H3,(H,16,17). The molecule has 0 aliphatic rings. The maximum atomic E-state index is 12.3. The Labute approximate surface area is 119 Å². The third-order valence-corrected chi connectivity index (χ3v) is 4.49. The number of thiophene rings is 1. The maximum Gasteiger partial charge on any atom is 0.339 e. The summed E-state index contributed by atoms with van der Waals surface area (Å²) in [6, 6.07) is 5.38. The number of esters is 1. The third-order valence-electron chi connectivity index (χ3n) is 3.47. The zero-order valence-corrected chi connectivity index (χ0v) is 12.2. The van der Waals surface area contributed by atoms with E-state index in [1.807, 2.05) is 19.9 Å². The number of rotatable bonds is 1. The number of nitrogens with one attached hydrogen (secondary N) is 1. The zero-order valence-electron chi connectivity index (χ0n) is 11.4. The molecule has 3 rings (SSSR count). The predicted octanol–water partition coefficient (Wildman–Crippen LogP) is 3.15. The van der Waals surface area contributed by atoms with E-state index in [4.69, 9.17) is 4.74 Å². The number of aromatic amines is 1. The van der Waals surface area contributed by atoms with E-state index in [-0.39, 0.29) is 5.56 Å². The van der Waals surface area contributed by atoms with Crippen LogP contribution < -0.4 is 5.56 Å². The quantitative estimate of drug-likeness (QED) is 0.699. The molecule has 0 radical (unpaired) electrons. The number of H-pyrrole nitrogens is 1. The molecule has 3 aromatic rings. The van der Waals surface area contributed by atoms with Crippen LogP contribution in [0, 0.1) is 13.8 Å². The molecule has 20 heavy (non-hydrogen) atoms. The average molecular weight is 287 g/mol. The number of carbonyl (C=O) groups excluding carboxylic acids is 1. The first kappa shape index (κ1) is 12.9. The molecule has 0 fully saturated rings. The van der Waals surface area contributed by atoms with Crippen molar-refractivity contribution in [2.45, 2.75) is 13.8 Å². The molecule has 0 saturated heterocycles. The molecule has 0 amide bonds. The van der Waals surface area contributed by atoms with Gasteiger partial charge in [-0.3, -0.25) is 4.79 Å². The van der Waals surface area contributed by atoms with Gasteiger partial charge in [-0.2, -0.15) is 0 Å². The van der Waals surface area contributed by atoms with Gasteiger partial charge < -0.3 is 9.72 Å². The first-order valence-corrected chi connectivity index (χ1v) is 6.99. The molecule has 0 bridgehead atoms. The van der Waals surface area contributed by atoms with Crippen LogP contribution in [0.5, 0.6) is 0 Å². The fraction of sp³-hybridized carbons (Fsp3) is 0.200. The van der Waals surface area contributed by atoms with Gasteiger partial charge in [0.2, 0.25) is 0 Å². The van der Waals surface area contributed by atoms with Crippen LogP contribution in [0.15, 0.2) is 23.0 Å². The summed E-state index contributed by atoms with van der Waals surface area (Å²) in [5.41, 5.74) is 0.760. The van der Waals surface area contributed by atoms with Crippen LogP contribution in [0.4, 0.5) is 0 Å². The summed E-state index contributed by atoms with van der Waals surface area (Å²) in [5.74, 6) is -0.449. The van der Waals surface area contributed by atoms with Crippen LogP contribution in [-0.4, -0.2) is 18.1 Å². The second-order valence-electron chi connectivity index (χ2n) is 4.64. The Bertz CT molecular complexity index is 905. The molecule has 1 N–H and O–H groups in total. The summed E-state index contributed by atoms with van der Waals surface area (Å²) in [5, 5.41) is 2.52. The highest BCUT2D eigenvalue weighted by atomic mass is 32.1. The molecule has 5 heteroatoms. The number of hydrogen-bond acceptors (Lipinski definition) is 4. The molecule has 2 heterocycles. The van der Waals surface area contributed by atoms with E-state index in [0.29, 0.717) is 16.5 Å². The molecule has 0 aliphatic heterocycles. The SMILES string of the molecule is COC(=O)c1cccc2c1[nH]c(=O)c1c(C)sc(C)c12. The first-order valence-electron chi connectivity index (χ1n) is 6.17. The van der Waals surface area contributed by atoms with Gasteiger partial charge in [0.25, 0.3) is 5.56 Å². The summed E-state index contributed by atoms with van der Waals surface area (Å²) < 4.78 is 4.77. The molecule has 4 nitrogen and oxygen atoms in total. The second kappa shape index (κ2) is 4.45. The van der Waals surface area contributed by atoms with Crippen molar-refractivity contribution in [3.8, 4) is 0 Å². The predicted molar refractivity (Wildman–Crippen MR) is 80.8 cm³/mol. The number of aromatic nitrogens is 1. The van der Waals surface area contributed by atoms with E-state index < -0.39 is 5.97 Å². The molecule has 2 aromatic heterocycles. The number of benzene rings is 1. The molecule has 0 saturated carbocycles. The minimum atomic E-state index is -0.449. The van der Waals surface area contributed by atoms with Gasteiger partial charge in [0.1, 0.15) is 0 Å². The largest absolute Gasteiger partial charge is 0.465 e. The van der Waals surface area contributed by atoms with Gasteiger partial charge >= 0.3 is 5.97 Å². The van der Waals surface area contributed by atoms with Gasteiger partial charge in [-0.05, 0) is 19.9 Å². The van der Waals surface area contributed by atoms with Crippen LogP contribution in [0.1, 0.15) is 20.1 Å². The molecule has 1 aromatic carbocycles. The van der Waals surface area contributed by atoms with E-state index in [1.165, 1.54) is 7.11 Å². The minimum Gasteiger partial charge on any atom is -0.465 e. The van der Waals surface area contributed by atoms with Gasteiger partial charge in [0.05, 0.1) is 23.6 Å². The number of methoxy groups -OCH3 is 1. The lowest BCUT2D eigenvalue weighted by atomic mass is 10.0. The van der Waals surface area contributed by atoms with E-state index in [9.17, 15) is 9.59 Å². The van der Waals surface area contributed by atoms with Crippen molar-refractivity contribution < 1.29 is 9.53 Å². The Morgan fingerprint density at radius 1 is 1.20 bits per heavy atom. The lowest BCUT2D eigenvalue weighted by Crippen LogP contribution is -2.10. The van der Waals surface area contributed by atoms with Crippen molar-refractivity contribution in [3.63, 3.8) is 0 Å². The number of ether oxygens (including phenoxy) is 1. The average Bonchev–Trinajstić information content (AvgIpc) is 2.73. The van der Waals surface area contributed by atoms with E-state index in [2.05, 4.69) is 4.98 Å². The number of hydrogen-bond donors (Lipinski definition) is 1. The van der Waals surface area contributed by atoms with Crippen LogP contribution in [0.3, 0.4) is 0 Å². The fourth-order valence-corrected chi connectivity index (χ4v) is 3.70. The number of aryl methyl sites for hydroxylation is 2. The van der Waals surface area contributed by atoms with Gasteiger partial charge in [-0.25, -0.2) is 4.79 Å². The molecule has 102 valence electrons. The first-order chi connectivity index (χ1) is 9.54. The summed E-state index contributed by atoms with van der Waals surface area (Å²) in [7, 11) is 1.33. The molecular formula is C15H13NO3S. The lowest BCUT2D eigenvalue weighted by Gasteiger charge is -2.06. The molecular weight excluding hydrogens is 274 g/mol. The Morgan fingerprint density at radius 2 is 1.90 bits per heavy atom. The van der Waals surface area contributed by atoms with Crippen molar-refractivity contribution in [2.75, 3.05) is 7.11 Å². The molecule has 0 unspecified atom stereocenters. The maximum absolute atomic E-state index is 12.3. The van der Waals surface area contributed by atoms with Crippen LogP contribution >= 0.6 is 11.3 Å². The Kier molecular flexibility index (Phi) is 2.87. The second-order valence-corrected chi connectivity index (χ2v) is 6.07. The highest BCUT2D eigenvalue weighted by molar-refractivity contribution is 7.13. The van der Waals surface area contributed by atoms with Crippen molar-refractivity contribution >= 4 is 39.0 Å². The van der Waals surface area contributed by atoms with Crippen LogP contribution in [-0.2, 0) is 4.74 Å². The Morgan fingerprint density at radius 3 is 2.60 bits per heavy atom. The van der Waals surface area contributed by atoms with Gasteiger partial charge in [-0.1, -0.05) is 12.1 Å². The summed E-state index contributed by atoms with van der Waals surface area (Å²) in [6.07, 6.45) is 0. The Hall–Kier alpha value is -2.14. The highest BCUT2D eigenvalue weighted by Gasteiger charge is 2.17. The monoisotopic (exact) mass is 287 g/mol. The minimum absolute atomic E-state index is 0.161. The van der Waals surface area contributed by atoms with Gasteiger partial charge in [0.15, 0.2) is 0 Å². The number of carbonyl (C=O) groups is 1. The van der Waals surface area contributed by atoms with E-state index >= 15 is 0 Å². The number of para-hydroxylation sites is 1. The fourth-order valence-electron chi connectivity index (χ4n) is 2.63. The summed E-state index contributed by atoms with van der Waals surface area (Å²) in [6.45, 7) is 3.93. The van der Waals surface area contributed by atoms with Gasteiger partial charge in [0, 0.05) is 20.5 Å². The van der Waals surface area contributed by atoms with Crippen molar-refractivity contribution in [3.05, 3.63) is 43.9 Å². The van der Waals surface area contributed by atoms with Crippen molar-refractivity contribution in [1.82, 2.24) is 4.98 Å². The van der Waals surface area contributed by atoms with Crippen molar-refractivity contribution in [2.24, 2.45) is 0 Å². The number of fused-ring (bicyclic) bond motifs is 3. The number of pyridine rings is 1. The van der Waals surface area contributed by atoms with E-state index in [1.54, 1.807) is 23.5 Å². The summed E-state index contributed by atoms with van der Waals surface area (Å²) in [4.78, 5) is 29.0. The van der Waals surface area contributed by atoms with Crippen LogP contribution in [0.25, 0.3) is 21.7 Å². The Balaban J connectivity index is 2.58. The topological polar surface area (TPSA) is 59.2 Å². The molecule has 0 spiro atoms. The lowest BCUT2D eigenvalue weighted by molar-refractivity contribution is 0.0603. The smallest absolute Gasteiger partial charge is 0.339 e. The van der Waals surface area contributed by atoms with Crippen molar-refractivity contribution in [1.29, 1.82) is 0 Å². The molecule has 0 aliphatic carbocycles. The zero-order chi connectivity index (χ0) is 14.4. The summed E-state index contributed by atoms with van der Waals surface area (Å²) >= 11 is 1.60. The van der Waals surface area contributed by atoms with E-state index in [0.717, 1.165) is 20.5 Å².